The lowest BCUT2D eigenvalue weighted by Gasteiger charge is -2.23. The fourth-order valence-electron chi connectivity index (χ4n) is 2.59. The van der Waals surface area contributed by atoms with Crippen molar-refractivity contribution in [1.82, 2.24) is 10.4 Å². The number of piperidine rings is 1. The monoisotopic (exact) mass is 413 g/mol. The Morgan fingerprint density at radius 3 is 3.09 bits per heavy atom. The number of hydrogen-bond acceptors (Lipinski definition) is 4. The van der Waals surface area contributed by atoms with Gasteiger partial charge in [0.05, 0.1) is 26.8 Å². The summed E-state index contributed by atoms with van der Waals surface area (Å²) in [5.74, 6) is -0.743. The van der Waals surface area contributed by atoms with Gasteiger partial charge in [0.2, 0.25) is 0 Å². The molecule has 0 spiro atoms. The van der Waals surface area contributed by atoms with Crippen molar-refractivity contribution in [3.63, 3.8) is 0 Å². The van der Waals surface area contributed by atoms with Gasteiger partial charge in [-0.05, 0) is 35.1 Å². The van der Waals surface area contributed by atoms with Crippen molar-refractivity contribution in [2.24, 2.45) is 10.9 Å². The maximum atomic E-state index is 14.1. The van der Waals surface area contributed by atoms with Crippen LogP contribution < -0.4 is 5.32 Å². The Morgan fingerprint density at radius 2 is 2.41 bits per heavy atom. The predicted octanol–water partition coefficient (Wildman–Crippen LogP) is 2.74. The molecule has 7 heteroatoms. The molecule has 3 aliphatic heterocycles. The first kappa shape index (κ1) is 15.2. The molecule has 0 aromatic heterocycles. The molecule has 1 fully saturated rings. The number of hydroxylamine groups is 2. The molecule has 1 atom stereocenters. The van der Waals surface area contributed by atoms with Crippen LogP contribution in [-0.4, -0.2) is 28.4 Å². The quantitative estimate of drug-likeness (QED) is 0.541. The number of allylic oxidation sites excluding steroid dienone is 5. The molecule has 3 aliphatic rings. The van der Waals surface area contributed by atoms with Crippen LogP contribution in [0.1, 0.15) is 6.42 Å². The van der Waals surface area contributed by atoms with Gasteiger partial charge in [0, 0.05) is 24.2 Å². The highest BCUT2D eigenvalue weighted by Crippen LogP contribution is 2.40. The van der Waals surface area contributed by atoms with Crippen LogP contribution in [0.2, 0.25) is 0 Å². The van der Waals surface area contributed by atoms with E-state index in [4.69, 9.17) is 0 Å². The third-order valence-corrected chi connectivity index (χ3v) is 4.69. The first-order chi connectivity index (χ1) is 10.5. The maximum absolute atomic E-state index is 14.1. The fraction of sp³-hybridized carbons (Fsp3) is 0.200. The van der Waals surface area contributed by atoms with Crippen molar-refractivity contribution < 1.29 is 14.4 Å². The molecule has 3 rings (SSSR count). The molecule has 0 saturated carbocycles. The summed E-state index contributed by atoms with van der Waals surface area (Å²) in [4.78, 5) is 16.6. The smallest absolute Gasteiger partial charge is 0.254 e. The molecule has 5 nitrogen and oxygen atoms in total. The maximum Gasteiger partial charge on any atom is 0.254 e. The van der Waals surface area contributed by atoms with Gasteiger partial charge in [-0.25, -0.2) is 9.45 Å². The predicted molar refractivity (Wildman–Crippen MR) is 88.8 cm³/mol. The second kappa shape index (κ2) is 5.81. The van der Waals surface area contributed by atoms with Gasteiger partial charge in [0.25, 0.3) is 5.91 Å². The van der Waals surface area contributed by atoms with Gasteiger partial charge in [-0.1, -0.05) is 6.08 Å². The summed E-state index contributed by atoms with van der Waals surface area (Å²) < 4.78 is 14.7. The summed E-state index contributed by atoms with van der Waals surface area (Å²) in [7, 11) is 0. The van der Waals surface area contributed by atoms with Gasteiger partial charge in [0.15, 0.2) is 5.83 Å². The van der Waals surface area contributed by atoms with E-state index in [1.807, 2.05) is 22.6 Å². The molecule has 3 heterocycles. The van der Waals surface area contributed by atoms with Gasteiger partial charge >= 0.3 is 0 Å². The fourth-order valence-corrected chi connectivity index (χ4v) is 3.53. The van der Waals surface area contributed by atoms with Crippen LogP contribution >= 0.6 is 22.6 Å². The average Bonchev–Trinajstić information content (AvgIpc) is 2.81. The molecule has 22 heavy (non-hydrogen) atoms. The number of nitrogens with one attached hydrogen (secondary N) is 1. The zero-order valence-corrected chi connectivity index (χ0v) is 13.7. The van der Waals surface area contributed by atoms with Crippen molar-refractivity contribution in [2.45, 2.75) is 6.42 Å². The number of fused-ring (bicyclic) bond motifs is 1. The van der Waals surface area contributed by atoms with Crippen LogP contribution in [0.5, 0.6) is 0 Å². The molecule has 0 aromatic rings. The average molecular weight is 413 g/mol. The third kappa shape index (κ3) is 2.44. The first-order valence-corrected chi connectivity index (χ1v) is 7.76. The molecule has 1 saturated heterocycles. The van der Waals surface area contributed by atoms with E-state index in [9.17, 15) is 14.4 Å². The van der Waals surface area contributed by atoms with Crippen LogP contribution in [0.3, 0.4) is 0 Å². The van der Waals surface area contributed by atoms with E-state index in [0.29, 0.717) is 38.6 Å². The minimum Gasteiger partial charge on any atom is -0.351 e. The van der Waals surface area contributed by atoms with Crippen molar-refractivity contribution in [2.75, 3.05) is 6.54 Å². The van der Waals surface area contributed by atoms with Crippen molar-refractivity contribution in [3.05, 3.63) is 57.4 Å². The van der Waals surface area contributed by atoms with E-state index in [1.165, 1.54) is 12.3 Å². The van der Waals surface area contributed by atoms with Crippen molar-refractivity contribution >= 4 is 34.2 Å². The number of halogens is 2. The Kier molecular flexibility index (Phi) is 4.00. The number of carbonyl (C=O) groups is 1. The second-order valence-corrected chi connectivity index (χ2v) is 6.13. The van der Waals surface area contributed by atoms with E-state index in [0.717, 1.165) is 6.20 Å². The molecule has 0 radical (unpaired) electrons. The number of nitrogens with zero attached hydrogens (tertiary/aromatic N) is 2. The number of carbonyl (C=O) groups excluding carboxylic acids is 1. The van der Waals surface area contributed by atoms with Gasteiger partial charge in [-0.15, -0.1) is 6.58 Å². The normalized spacial score (nSPS) is 27.5. The van der Waals surface area contributed by atoms with Crippen LogP contribution in [0.25, 0.3) is 0 Å². The zero-order valence-electron chi connectivity index (χ0n) is 11.5. The summed E-state index contributed by atoms with van der Waals surface area (Å²) in [6.45, 7) is 4.22. The van der Waals surface area contributed by atoms with Gasteiger partial charge in [-0.2, -0.15) is 0 Å². The molecular weight excluding hydrogens is 400 g/mol. The Bertz CT molecular complexity index is 718. The van der Waals surface area contributed by atoms with E-state index in [-0.39, 0.29) is 17.4 Å². The van der Waals surface area contributed by atoms with E-state index in [2.05, 4.69) is 16.9 Å². The number of rotatable bonds is 2. The highest BCUT2D eigenvalue weighted by Gasteiger charge is 2.37. The van der Waals surface area contributed by atoms with E-state index >= 15 is 0 Å². The van der Waals surface area contributed by atoms with Crippen molar-refractivity contribution in [3.8, 4) is 0 Å². The molecule has 0 bridgehead atoms. The molecule has 114 valence electrons. The number of aliphatic imine (C=N–C) groups is 1. The molecular formula is C15H13FIN3O2. The topological polar surface area (TPSA) is 64.9 Å². The minimum absolute atomic E-state index is 0.0435. The number of amides is 1. The summed E-state index contributed by atoms with van der Waals surface area (Å²) >= 11 is 2.02. The Hall–Kier alpha value is -1.74. The summed E-state index contributed by atoms with van der Waals surface area (Å²) in [5, 5.41) is 12.7. The van der Waals surface area contributed by atoms with Crippen molar-refractivity contribution in [1.29, 1.82) is 0 Å². The van der Waals surface area contributed by atoms with Gasteiger partial charge < -0.3 is 5.32 Å². The third-order valence-electron chi connectivity index (χ3n) is 3.64. The summed E-state index contributed by atoms with van der Waals surface area (Å²) in [5.41, 5.74) is 1.88. The lowest BCUT2D eigenvalue weighted by atomic mass is 9.90. The Balaban J connectivity index is 2.13. The molecule has 2 N–H and O–H groups in total. The van der Waals surface area contributed by atoms with Gasteiger partial charge in [0.1, 0.15) is 0 Å². The highest BCUT2D eigenvalue weighted by molar-refractivity contribution is 14.1. The van der Waals surface area contributed by atoms with Crippen LogP contribution in [-0.2, 0) is 4.79 Å². The second-order valence-electron chi connectivity index (χ2n) is 5.05. The van der Waals surface area contributed by atoms with Crippen LogP contribution in [0.4, 0.5) is 4.39 Å². The Labute approximate surface area is 140 Å². The zero-order chi connectivity index (χ0) is 15.9. The lowest BCUT2D eigenvalue weighted by Crippen LogP contribution is -2.42. The van der Waals surface area contributed by atoms with E-state index < -0.39 is 5.83 Å². The minimum atomic E-state index is -0.599. The first-order valence-electron chi connectivity index (χ1n) is 6.68. The molecule has 0 aromatic carbocycles. The van der Waals surface area contributed by atoms with Crippen LogP contribution in [0, 0.1) is 5.92 Å². The standard InChI is InChI=1S/C15H13FIN3O2/c1-2-3-8-6-18-15(21)11-12(17)14(19-13(8)11)9-4-5-20(22)7-10(9)16/h2,4-5,7-8,22H,1,3,6H2,(H,18,21)/b14-9+/t8-/m0/s1. The highest BCUT2D eigenvalue weighted by atomic mass is 127. The SMILES string of the molecule is C=CC[C@H]1CNC(=O)C2=C(I)/C(=C3/C=CN(O)C=C3F)N=C21. The van der Waals surface area contributed by atoms with Gasteiger partial charge in [-0.3, -0.25) is 15.0 Å². The van der Waals surface area contributed by atoms with Crippen LogP contribution in [0.15, 0.2) is 62.4 Å². The number of hydrogen-bond donors (Lipinski definition) is 2. The van der Waals surface area contributed by atoms with E-state index in [1.54, 1.807) is 6.08 Å². The molecule has 0 unspecified atom stereocenters. The largest absolute Gasteiger partial charge is 0.351 e. The molecule has 0 aliphatic carbocycles. The Morgan fingerprint density at radius 1 is 1.64 bits per heavy atom. The summed E-state index contributed by atoms with van der Waals surface area (Å²) in [6.07, 6.45) is 6.19. The lowest BCUT2D eigenvalue weighted by molar-refractivity contribution is -0.117. The summed E-state index contributed by atoms with van der Waals surface area (Å²) in [6, 6.07) is 0. The molecule has 1 amide bonds.